The molecule has 7 nitrogen and oxygen atoms in total. The van der Waals surface area contributed by atoms with Gasteiger partial charge in [0.1, 0.15) is 23.6 Å². The van der Waals surface area contributed by atoms with E-state index in [9.17, 15) is 9.90 Å². The molecule has 0 radical (unpaired) electrons. The summed E-state index contributed by atoms with van der Waals surface area (Å²) in [5.41, 5.74) is 3.52. The standard InChI is InChI=1S/C30H36N2O5/c1-21-8-10-22(11-9-21)27-20-28(31-32(27)23-12-14-24(35-2)15-13-23)30(34)18-16-26(17-19-30)37-29(33)36-25-6-4-3-5-7-25/h8-15,20,25-26,34H,3-7,16-19H2,1-2H3/t26-,30-. The predicted molar refractivity (Wildman–Crippen MR) is 141 cm³/mol. The summed E-state index contributed by atoms with van der Waals surface area (Å²) in [6.07, 6.45) is 6.42. The Labute approximate surface area is 218 Å². The van der Waals surface area contributed by atoms with Gasteiger partial charge in [-0.2, -0.15) is 5.10 Å². The molecule has 1 N–H and O–H groups in total. The smallest absolute Gasteiger partial charge is 0.497 e. The van der Waals surface area contributed by atoms with E-state index in [0.29, 0.717) is 31.4 Å². The summed E-state index contributed by atoms with van der Waals surface area (Å²) in [5, 5.41) is 16.5. The van der Waals surface area contributed by atoms with Gasteiger partial charge in [-0.25, -0.2) is 9.48 Å². The maximum Gasteiger partial charge on any atom is 0.508 e. The van der Waals surface area contributed by atoms with E-state index in [1.54, 1.807) is 7.11 Å². The minimum absolute atomic E-state index is 0.0242. The Kier molecular flexibility index (Phi) is 7.51. The fraction of sp³-hybridized carbons (Fsp3) is 0.467. The molecule has 0 spiro atoms. The molecule has 1 heterocycles. The number of aromatic nitrogens is 2. The van der Waals surface area contributed by atoms with Crippen LogP contribution in [0.1, 0.15) is 69.0 Å². The molecule has 2 saturated carbocycles. The largest absolute Gasteiger partial charge is 0.508 e. The van der Waals surface area contributed by atoms with Crippen LogP contribution in [-0.4, -0.2) is 40.4 Å². The second kappa shape index (κ2) is 11.0. The molecule has 2 aliphatic rings. The Hall–Kier alpha value is -3.32. The minimum Gasteiger partial charge on any atom is -0.497 e. The Bertz CT molecular complexity index is 1190. The summed E-state index contributed by atoms with van der Waals surface area (Å²) in [6, 6.07) is 18.0. The zero-order valence-electron chi connectivity index (χ0n) is 21.7. The van der Waals surface area contributed by atoms with Gasteiger partial charge in [0.2, 0.25) is 0 Å². The molecule has 5 rings (SSSR count). The lowest BCUT2D eigenvalue weighted by molar-refractivity contribution is -0.0641. The first-order valence-corrected chi connectivity index (χ1v) is 13.4. The topological polar surface area (TPSA) is 82.8 Å². The van der Waals surface area contributed by atoms with Crippen molar-refractivity contribution in [2.45, 2.75) is 82.5 Å². The Morgan fingerprint density at radius 2 is 1.54 bits per heavy atom. The molecule has 3 aromatic rings. The molecule has 196 valence electrons. The van der Waals surface area contributed by atoms with Crippen LogP contribution in [0.25, 0.3) is 16.9 Å². The summed E-state index contributed by atoms with van der Waals surface area (Å²) in [7, 11) is 1.64. The summed E-state index contributed by atoms with van der Waals surface area (Å²) in [5.74, 6) is 0.770. The van der Waals surface area contributed by atoms with Crippen LogP contribution in [0.3, 0.4) is 0 Å². The average molecular weight is 505 g/mol. The van der Waals surface area contributed by atoms with Gasteiger partial charge in [-0.05, 0) is 88.6 Å². The van der Waals surface area contributed by atoms with E-state index >= 15 is 0 Å². The minimum atomic E-state index is -1.09. The summed E-state index contributed by atoms with van der Waals surface area (Å²) < 4.78 is 18.3. The number of aryl methyl sites for hydroxylation is 1. The molecule has 37 heavy (non-hydrogen) atoms. The number of rotatable bonds is 6. The molecule has 0 amide bonds. The lowest BCUT2D eigenvalue weighted by Crippen LogP contribution is -2.36. The molecule has 7 heteroatoms. The number of hydrogen-bond donors (Lipinski definition) is 1. The van der Waals surface area contributed by atoms with E-state index in [2.05, 4.69) is 31.2 Å². The summed E-state index contributed by atoms with van der Waals surface area (Å²) in [6.45, 7) is 2.06. The summed E-state index contributed by atoms with van der Waals surface area (Å²) >= 11 is 0. The molecule has 1 aromatic heterocycles. The zero-order valence-corrected chi connectivity index (χ0v) is 21.7. The molecule has 0 atom stereocenters. The quantitative estimate of drug-likeness (QED) is 0.387. The van der Waals surface area contributed by atoms with Gasteiger partial charge in [0.15, 0.2) is 0 Å². The molecular weight excluding hydrogens is 468 g/mol. The molecule has 0 unspecified atom stereocenters. The van der Waals surface area contributed by atoms with E-state index in [1.807, 2.05) is 35.0 Å². The predicted octanol–water partition coefficient (Wildman–Crippen LogP) is 6.47. The van der Waals surface area contributed by atoms with Crippen LogP contribution in [0.2, 0.25) is 0 Å². The van der Waals surface area contributed by atoms with Gasteiger partial charge < -0.3 is 19.3 Å². The Balaban J connectivity index is 1.32. The molecule has 2 aliphatic carbocycles. The highest BCUT2D eigenvalue weighted by Crippen LogP contribution is 2.40. The van der Waals surface area contributed by atoms with E-state index in [0.717, 1.165) is 48.4 Å². The molecule has 2 aromatic carbocycles. The highest BCUT2D eigenvalue weighted by atomic mass is 16.7. The molecular formula is C30H36N2O5. The van der Waals surface area contributed by atoms with Crippen LogP contribution >= 0.6 is 0 Å². The lowest BCUT2D eigenvalue weighted by Gasteiger charge is -2.34. The maximum absolute atomic E-state index is 12.3. The Morgan fingerprint density at radius 3 is 2.16 bits per heavy atom. The van der Waals surface area contributed by atoms with Crippen molar-refractivity contribution in [3.8, 4) is 22.7 Å². The number of aliphatic hydroxyl groups is 1. The number of methoxy groups -OCH3 is 1. The normalized spacial score (nSPS) is 22.4. The van der Waals surface area contributed by atoms with E-state index in [1.165, 1.54) is 12.0 Å². The fourth-order valence-electron chi connectivity index (χ4n) is 5.38. The van der Waals surface area contributed by atoms with Crippen LogP contribution in [0, 0.1) is 6.92 Å². The van der Waals surface area contributed by atoms with E-state index < -0.39 is 11.8 Å². The highest BCUT2D eigenvalue weighted by molar-refractivity contribution is 5.64. The first kappa shape index (κ1) is 25.3. The SMILES string of the molecule is COc1ccc(-n2nc([C@]3(O)CC[C@H](OC(=O)OC4CCCCC4)CC3)cc2-c2ccc(C)cc2)cc1. The number of benzene rings is 2. The second-order valence-electron chi connectivity index (χ2n) is 10.4. The second-order valence-corrected chi connectivity index (χ2v) is 10.4. The number of carbonyl (C=O) groups excluding carboxylic acids is 1. The van der Waals surface area contributed by atoms with Gasteiger partial charge in [0, 0.05) is 5.56 Å². The van der Waals surface area contributed by atoms with Crippen LogP contribution in [-0.2, 0) is 15.1 Å². The summed E-state index contributed by atoms with van der Waals surface area (Å²) in [4.78, 5) is 12.3. The third-order valence-electron chi connectivity index (χ3n) is 7.69. The number of carbonyl (C=O) groups is 1. The lowest BCUT2D eigenvalue weighted by atomic mass is 9.81. The number of ether oxygens (including phenoxy) is 3. The Morgan fingerprint density at radius 1 is 0.919 bits per heavy atom. The van der Waals surface area contributed by atoms with Gasteiger partial charge in [-0.3, -0.25) is 0 Å². The van der Waals surface area contributed by atoms with Crippen LogP contribution in [0.5, 0.6) is 5.75 Å². The number of nitrogens with zero attached hydrogens (tertiary/aromatic N) is 2. The van der Waals surface area contributed by atoms with Crippen molar-refractivity contribution in [3.63, 3.8) is 0 Å². The van der Waals surface area contributed by atoms with Crippen molar-refractivity contribution >= 4 is 6.16 Å². The van der Waals surface area contributed by atoms with Gasteiger partial charge in [-0.1, -0.05) is 36.2 Å². The number of hydrogen-bond acceptors (Lipinski definition) is 6. The van der Waals surface area contributed by atoms with Crippen LogP contribution in [0.4, 0.5) is 4.79 Å². The van der Waals surface area contributed by atoms with Crippen LogP contribution in [0.15, 0.2) is 54.6 Å². The van der Waals surface area contributed by atoms with Gasteiger partial charge in [-0.15, -0.1) is 0 Å². The molecule has 2 fully saturated rings. The van der Waals surface area contributed by atoms with Gasteiger partial charge in [0.25, 0.3) is 0 Å². The fourth-order valence-corrected chi connectivity index (χ4v) is 5.38. The third-order valence-corrected chi connectivity index (χ3v) is 7.69. The van der Waals surface area contributed by atoms with Crippen molar-refractivity contribution in [2.24, 2.45) is 0 Å². The first-order chi connectivity index (χ1) is 17.9. The molecule has 0 saturated heterocycles. The highest BCUT2D eigenvalue weighted by Gasteiger charge is 2.39. The molecule has 0 bridgehead atoms. The van der Waals surface area contributed by atoms with Gasteiger partial charge in [0.05, 0.1) is 24.2 Å². The van der Waals surface area contributed by atoms with E-state index in [4.69, 9.17) is 19.3 Å². The van der Waals surface area contributed by atoms with Crippen molar-refractivity contribution < 1.29 is 24.1 Å². The third kappa shape index (κ3) is 5.82. The van der Waals surface area contributed by atoms with Crippen molar-refractivity contribution in [3.05, 3.63) is 65.9 Å². The van der Waals surface area contributed by atoms with Crippen molar-refractivity contribution in [1.82, 2.24) is 9.78 Å². The monoisotopic (exact) mass is 504 g/mol. The van der Waals surface area contributed by atoms with E-state index in [-0.39, 0.29) is 12.2 Å². The molecule has 0 aliphatic heterocycles. The van der Waals surface area contributed by atoms with Crippen molar-refractivity contribution in [1.29, 1.82) is 0 Å². The van der Waals surface area contributed by atoms with Crippen LogP contribution < -0.4 is 4.74 Å². The zero-order chi connectivity index (χ0) is 25.8. The van der Waals surface area contributed by atoms with Crippen molar-refractivity contribution in [2.75, 3.05) is 7.11 Å². The average Bonchev–Trinajstić information content (AvgIpc) is 3.38. The maximum atomic E-state index is 12.3. The first-order valence-electron chi connectivity index (χ1n) is 13.4. The van der Waals surface area contributed by atoms with Gasteiger partial charge >= 0.3 is 6.16 Å².